The molecule has 0 saturated carbocycles. The quantitative estimate of drug-likeness (QED) is 0.854. The van der Waals surface area contributed by atoms with Crippen LogP contribution >= 0.6 is 0 Å². The second-order valence-electron chi connectivity index (χ2n) is 5.61. The molecule has 5 heteroatoms. The second-order valence-corrected chi connectivity index (χ2v) is 5.61. The van der Waals surface area contributed by atoms with Gasteiger partial charge in [0.05, 0.1) is 24.8 Å². The first-order valence-electron chi connectivity index (χ1n) is 7.59. The van der Waals surface area contributed by atoms with Crippen molar-refractivity contribution in [2.45, 2.75) is 12.4 Å². The summed E-state index contributed by atoms with van der Waals surface area (Å²) in [6.45, 7) is 0.681. The largest absolute Gasteiger partial charge is 0.389 e. The van der Waals surface area contributed by atoms with E-state index in [4.69, 9.17) is 14.3 Å². The molecule has 2 heterocycles. The SMILES string of the molecule is Fc1ccccc1C1OCC2ON=C(c3ccccc3)C2CO1. The third-order valence-corrected chi connectivity index (χ3v) is 4.15. The van der Waals surface area contributed by atoms with Gasteiger partial charge in [-0.25, -0.2) is 4.39 Å². The Hall–Kier alpha value is -2.24. The van der Waals surface area contributed by atoms with Crippen LogP contribution in [0.1, 0.15) is 17.4 Å². The Labute approximate surface area is 133 Å². The summed E-state index contributed by atoms with van der Waals surface area (Å²) in [5.74, 6) is -0.350. The third kappa shape index (κ3) is 2.73. The zero-order chi connectivity index (χ0) is 15.6. The highest BCUT2D eigenvalue weighted by atomic mass is 19.1. The number of hydrogen-bond donors (Lipinski definition) is 0. The van der Waals surface area contributed by atoms with E-state index in [1.807, 2.05) is 30.3 Å². The predicted octanol–water partition coefficient (Wildman–Crippen LogP) is 3.29. The number of rotatable bonds is 2. The van der Waals surface area contributed by atoms with Gasteiger partial charge < -0.3 is 14.3 Å². The van der Waals surface area contributed by atoms with Crippen LogP contribution in [0.2, 0.25) is 0 Å². The van der Waals surface area contributed by atoms with Crippen LogP contribution in [0.5, 0.6) is 0 Å². The number of hydrogen-bond acceptors (Lipinski definition) is 4. The van der Waals surface area contributed by atoms with E-state index < -0.39 is 6.29 Å². The molecule has 4 nitrogen and oxygen atoms in total. The zero-order valence-corrected chi connectivity index (χ0v) is 12.4. The molecule has 3 unspecified atom stereocenters. The first-order chi connectivity index (χ1) is 11.3. The molecule has 0 spiro atoms. The van der Waals surface area contributed by atoms with Crippen LogP contribution < -0.4 is 0 Å². The number of halogens is 1. The predicted molar refractivity (Wildman–Crippen MR) is 82.4 cm³/mol. The summed E-state index contributed by atoms with van der Waals surface area (Å²) in [6.07, 6.45) is -0.926. The van der Waals surface area contributed by atoms with Crippen LogP contribution in [-0.4, -0.2) is 25.0 Å². The number of ether oxygens (including phenoxy) is 2. The molecule has 1 fully saturated rings. The summed E-state index contributed by atoms with van der Waals surface area (Å²) in [4.78, 5) is 5.51. The minimum atomic E-state index is -0.720. The molecule has 0 N–H and O–H groups in total. The lowest BCUT2D eigenvalue weighted by Gasteiger charge is -2.16. The summed E-state index contributed by atoms with van der Waals surface area (Å²) >= 11 is 0. The van der Waals surface area contributed by atoms with Gasteiger partial charge in [0.15, 0.2) is 12.4 Å². The van der Waals surface area contributed by atoms with Crippen LogP contribution in [0.15, 0.2) is 59.8 Å². The maximum atomic E-state index is 13.9. The van der Waals surface area contributed by atoms with E-state index in [9.17, 15) is 4.39 Å². The molecule has 2 aliphatic heterocycles. The Morgan fingerprint density at radius 3 is 2.48 bits per heavy atom. The number of benzene rings is 2. The highest BCUT2D eigenvalue weighted by molar-refractivity contribution is 6.03. The summed E-state index contributed by atoms with van der Waals surface area (Å²) in [7, 11) is 0. The maximum absolute atomic E-state index is 13.9. The molecule has 4 rings (SSSR count). The van der Waals surface area contributed by atoms with Crippen molar-refractivity contribution in [1.82, 2.24) is 0 Å². The Kier molecular flexibility index (Phi) is 3.81. The molecule has 0 aromatic heterocycles. The van der Waals surface area contributed by atoms with Crippen LogP contribution in [0, 0.1) is 11.7 Å². The van der Waals surface area contributed by atoms with Crippen molar-refractivity contribution < 1.29 is 18.7 Å². The molecular formula is C18H16FNO3. The Balaban J connectivity index is 1.54. The molecule has 3 atom stereocenters. The summed E-state index contributed by atoms with van der Waals surface area (Å²) in [5.41, 5.74) is 2.27. The molecule has 2 aromatic carbocycles. The van der Waals surface area contributed by atoms with Gasteiger partial charge in [-0.05, 0) is 11.6 Å². The fourth-order valence-electron chi connectivity index (χ4n) is 2.92. The lowest BCUT2D eigenvalue weighted by Crippen LogP contribution is -2.29. The van der Waals surface area contributed by atoms with Crippen LogP contribution in [0.25, 0.3) is 0 Å². The smallest absolute Gasteiger partial charge is 0.186 e. The molecule has 2 aromatic rings. The van der Waals surface area contributed by atoms with Crippen molar-refractivity contribution in [2.24, 2.45) is 11.1 Å². The van der Waals surface area contributed by atoms with Gasteiger partial charge in [-0.1, -0.05) is 53.7 Å². The molecule has 0 radical (unpaired) electrons. The molecule has 0 amide bonds. The minimum absolute atomic E-state index is 0.0193. The van der Waals surface area contributed by atoms with Crippen molar-refractivity contribution in [3.63, 3.8) is 0 Å². The topological polar surface area (TPSA) is 40.0 Å². The van der Waals surface area contributed by atoms with Crippen molar-refractivity contribution in [1.29, 1.82) is 0 Å². The Bertz CT molecular complexity index is 719. The first-order valence-corrected chi connectivity index (χ1v) is 7.59. The average molecular weight is 313 g/mol. The van der Waals surface area contributed by atoms with E-state index in [-0.39, 0.29) is 17.8 Å². The van der Waals surface area contributed by atoms with Crippen molar-refractivity contribution in [2.75, 3.05) is 13.2 Å². The third-order valence-electron chi connectivity index (χ3n) is 4.15. The molecule has 0 aliphatic carbocycles. The van der Waals surface area contributed by atoms with E-state index in [0.29, 0.717) is 18.8 Å². The Morgan fingerprint density at radius 1 is 0.913 bits per heavy atom. The van der Waals surface area contributed by atoms with E-state index in [2.05, 4.69) is 5.16 Å². The van der Waals surface area contributed by atoms with Gasteiger partial charge in [0.25, 0.3) is 0 Å². The molecule has 118 valence electrons. The van der Waals surface area contributed by atoms with E-state index in [0.717, 1.165) is 11.3 Å². The second kappa shape index (κ2) is 6.10. The van der Waals surface area contributed by atoms with Gasteiger partial charge in [-0.2, -0.15) is 0 Å². The van der Waals surface area contributed by atoms with Crippen LogP contribution in [0.3, 0.4) is 0 Å². The van der Waals surface area contributed by atoms with Gasteiger partial charge in [0.1, 0.15) is 5.82 Å². The minimum Gasteiger partial charge on any atom is -0.389 e. The highest BCUT2D eigenvalue weighted by Crippen LogP contribution is 2.32. The van der Waals surface area contributed by atoms with Crippen LogP contribution in [-0.2, 0) is 14.3 Å². The van der Waals surface area contributed by atoms with Gasteiger partial charge in [0, 0.05) is 5.56 Å². The van der Waals surface area contributed by atoms with Gasteiger partial charge >= 0.3 is 0 Å². The van der Waals surface area contributed by atoms with Crippen LogP contribution in [0.4, 0.5) is 4.39 Å². The van der Waals surface area contributed by atoms with Gasteiger partial charge in [0.2, 0.25) is 0 Å². The maximum Gasteiger partial charge on any atom is 0.186 e. The van der Waals surface area contributed by atoms with E-state index in [1.54, 1.807) is 18.2 Å². The average Bonchev–Trinajstić information content (AvgIpc) is 2.88. The van der Waals surface area contributed by atoms with Crippen molar-refractivity contribution in [3.8, 4) is 0 Å². The molecule has 1 saturated heterocycles. The standard InChI is InChI=1S/C18H16FNO3/c19-15-9-5-4-8-13(15)18-21-10-14-16(11-22-18)23-20-17(14)12-6-2-1-3-7-12/h1-9,14,16,18H,10-11H2. The van der Waals surface area contributed by atoms with E-state index in [1.165, 1.54) is 6.07 Å². The number of oxime groups is 1. The molecule has 2 aliphatic rings. The fraction of sp³-hybridized carbons (Fsp3) is 0.278. The molecule has 23 heavy (non-hydrogen) atoms. The van der Waals surface area contributed by atoms with Gasteiger partial charge in [-0.3, -0.25) is 0 Å². The normalized spacial score (nSPS) is 26.8. The lowest BCUT2D eigenvalue weighted by atomic mass is 9.93. The number of fused-ring (bicyclic) bond motifs is 1. The summed E-state index contributed by atoms with van der Waals surface area (Å²) < 4.78 is 25.4. The van der Waals surface area contributed by atoms with Gasteiger partial charge in [-0.15, -0.1) is 0 Å². The van der Waals surface area contributed by atoms with Crippen molar-refractivity contribution in [3.05, 3.63) is 71.5 Å². The molecular weight excluding hydrogens is 297 g/mol. The summed E-state index contributed by atoms with van der Waals surface area (Å²) in [5, 5.41) is 4.19. The molecule has 0 bridgehead atoms. The fourth-order valence-corrected chi connectivity index (χ4v) is 2.92. The number of nitrogens with zero attached hydrogens (tertiary/aromatic N) is 1. The Morgan fingerprint density at radius 2 is 1.65 bits per heavy atom. The van der Waals surface area contributed by atoms with Crippen molar-refractivity contribution >= 4 is 5.71 Å². The highest BCUT2D eigenvalue weighted by Gasteiger charge is 2.39. The monoisotopic (exact) mass is 313 g/mol. The zero-order valence-electron chi connectivity index (χ0n) is 12.4. The lowest BCUT2D eigenvalue weighted by molar-refractivity contribution is -0.140. The van der Waals surface area contributed by atoms with E-state index >= 15 is 0 Å². The summed E-state index contributed by atoms with van der Waals surface area (Å²) in [6, 6.07) is 16.4. The first kappa shape index (κ1) is 14.4.